The number of anilines is 1. The molecule has 1 aromatic carbocycles. The van der Waals surface area contributed by atoms with Gasteiger partial charge in [-0.05, 0) is 38.0 Å². The van der Waals surface area contributed by atoms with E-state index >= 15 is 0 Å². The smallest absolute Gasteiger partial charge is 0.251 e. The molecule has 0 spiro atoms. The number of carbonyl (C=O) groups excluding carboxylic acids is 1. The van der Waals surface area contributed by atoms with Crippen molar-refractivity contribution in [3.8, 4) is 5.75 Å². The molecule has 0 N–H and O–H groups in total. The summed E-state index contributed by atoms with van der Waals surface area (Å²) in [6, 6.07) is 6.03. The summed E-state index contributed by atoms with van der Waals surface area (Å²) in [5.74, 6) is 1.04. The predicted octanol–water partition coefficient (Wildman–Crippen LogP) is 2.52. The van der Waals surface area contributed by atoms with E-state index in [1.54, 1.807) is 11.3 Å². The van der Waals surface area contributed by atoms with Crippen molar-refractivity contribution in [1.29, 1.82) is 0 Å². The van der Waals surface area contributed by atoms with Gasteiger partial charge in [0.15, 0.2) is 5.13 Å². The van der Waals surface area contributed by atoms with Crippen LogP contribution in [0, 0.1) is 0 Å². The van der Waals surface area contributed by atoms with E-state index in [0.717, 1.165) is 60.1 Å². The fraction of sp³-hybridized carbons (Fsp3) is 0.556. The van der Waals surface area contributed by atoms with Gasteiger partial charge in [-0.15, -0.1) is 0 Å². The van der Waals surface area contributed by atoms with Crippen molar-refractivity contribution in [1.82, 2.24) is 9.88 Å². The molecule has 6 nitrogen and oxygen atoms in total. The van der Waals surface area contributed by atoms with Gasteiger partial charge >= 0.3 is 0 Å². The maximum absolute atomic E-state index is 12.4. The highest BCUT2D eigenvalue weighted by molar-refractivity contribution is 7.22. The standard InChI is InChI=1S/C18H23N3O3S/c1-2-23-13-5-6-14-16(12-13)25-18(19-14)21-9-7-20(8-10-21)17(22)15-4-3-11-24-15/h5-6,12,15H,2-4,7-11H2,1H3. The Hall–Kier alpha value is -1.86. The first kappa shape index (κ1) is 16.6. The molecule has 1 unspecified atom stereocenters. The van der Waals surface area contributed by atoms with Crippen LogP contribution in [0.25, 0.3) is 10.2 Å². The van der Waals surface area contributed by atoms with E-state index < -0.39 is 0 Å². The fourth-order valence-corrected chi connectivity index (χ4v) is 4.42. The van der Waals surface area contributed by atoms with Crippen LogP contribution in [0.4, 0.5) is 5.13 Å². The van der Waals surface area contributed by atoms with Crippen LogP contribution in [-0.2, 0) is 9.53 Å². The normalized spacial score (nSPS) is 21.1. The number of hydrogen-bond donors (Lipinski definition) is 0. The minimum absolute atomic E-state index is 0.155. The van der Waals surface area contributed by atoms with Crippen LogP contribution >= 0.6 is 11.3 Å². The number of rotatable bonds is 4. The highest BCUT2D eigenvalue weighted by Crippen LogP contribution is 2.32. The third-order valence-corrected chi connectivity index (χ3v) is 5.81. The molecule has 3 heterocycles. The minimum atomic E-state index is -0.217. The summed E-state index contributed by atoms with van der Waals surface area (Å²) in [6.45, 7) is 6.47. The second-order valence-corrected chi connectivity index (χ2v) is 7.38. The van der Waals surface area contributed by atoms with E-state index in [-0.39, 0.29) is 12.0 Å². The lowest BCUT2D eigenvalue weighted by Gasteiger charge is -2.35. The number of ether oxygens (including phenoxy) is 2. The molecule has 1 atom stereocenters. The van der Waals surface area contributed by atoms with Gasteiger partial charge in [0.2, 0.25) is 0 Å². The first-order valence-corrected chi connectivity index (χ1v) is 9.75. The van der Waals surface area contributed by atoms with Gasteiger partial charge in [0, 0.05) is 32.8 Å². The van der Waals surface area contributed by atoms with E-state index in [2.05, 4.69) is 11.0 Å². The van der Waals surface area contributed by atoms with E-state index in [9.17, 15) is 4.79 Å². The van der Waals surface area contributed by atoms with Gasteiger partial charge in [0.25, 0.3) is 5.91 Å². The fourth-order valence-electron chi connectivity index (χ4n) is 3.38. The number of hydrogen-bond acceptors (Lipinski definition) is 6. The van der Waals surface area contributed by atoms with E-state index in [1.807, 2.05) is 24.0 Å². The average molecular weight is 361 g/mol. The molecule has 25 heavy (non-hydrogen) atoms. The molecular formula is C18H23N3O3S. The van der Waals surface area contributed by atoms with E-state index in [1.165, 1.54) is 0 Å². The second-order valence-electron chi connectivity index (χ2n) is 6.37. The summed E-state index contributed by atoms with van der Waals surface area (Å²) in [7, 11) is 0. The first-order valence-electron chi connectivity index (χ1n) is 8.93. The molecule has 2 saturated heterocycles. The summed E-state index contributed by atoms with van der Waals surface area (Å²) in [4.78, 5) is 21.4. The van der Waals surface area contributed by atoms with Crippen LogP contribution in [0.5, 0.6) is 5.75 Å². The van der Waals surface area contributed by atoms with Crippen molar-refractivity contribution < 1.29 is 14.3 Å². The summed E-state index contributed by atoms with van der Waals surface area (Å²) in [6.07, 6.45) is 1.64. The molecule has 0 saturated carbocycles. The van der Waals surface area contributed by atoms with Gasteiger partial charge in [-0.2, -0.15) is 0 Å². The zero-order valence-electron chi connectivity index (χ0n) is 14.4. The maximum atomic E-state index is 12.4. The third kappa shape index (κ3) is 3.43. The molecular weight excluding hydrogens is 338 g/mol. The zero-order valence-corrected chi connectivity index (χ0v) is 15.3. The number of aromatic nitrogens is 1. The Balaban J connectivity index is 1.41. The Kier molecular flexibility index (Phi) is 4.76. The quantitative estimate of drug-likeness (QED) is 0.838. The Morgan fingerprint density at radius 3 is 2.92 bits per heavy atom. The van der Waals surface area contributed by atoms with E-state index in [4.69, 9.17) is 14.5 Å². The van der Waals surface area contributed by atoms with Crippen molar-refractivity contribution >= 4 is 32.6 Å². The van der Waals surface area contributed by atoms with Crippen molar-refractivity contribution in [3.05, 3.63) is 18.2 Å². The molecule has 2 aliphatic heterocycles. The van der Waals surface area contributed by atoms with Gasteiger partial charge in [0.1, 0.15) is 11.9 Å². The highest BCUT2D eigenvalue weighted by Gasteiger charge is 2.30. The van der Waals surface area contributed by atoms with Crippen molar-refractivity contribution in [3.63, 3.8) is 0 Å². The molecule has 0 radical (unpaired) electrons. The number of piperazine rings is 1. The summed E-state index contributed by atoms with van der Waals surface area (Å²) in [5.41, 5.74) is 1.00. The van der Waals surface area contributed by atoms with Crippen LogP contribution in [0.1, 0.15) is 19.8 Å². The maximum Gasteiger partial charge on any atom is 0.251 e. The van der Waals surface area contributed by atoms with E-state index in [0.29, 0.717) is 13.2 Å². The number of benzene rings is 1. The molecule has 134 valence electrons. The zero-order chi connectivity index (χ0) is 17.2. The lowest BCUT2D eigenvalue weighted by atomic mass is 10.2. The van der Waals surface area contributed by atoms with Crippen molar-refractivity contribution in [2.75, 3.05) is 44.3 Å². The van der Waals surface area contributed by atoms with Crippen molar-refractivity contribution in [2.45, 2.75) is 25.9 Å². The molecule has 2 aliphatic rings. The number of nitrogens with zero attached hydrogens (tertiary/aromatic N) is 3. The van der Waals surface area contributed by atoms with Crippen LogP contribution in [0.3, 0.4) is 0 Å². The van der Waals surface area contributed by atoms with Crippen LogP contribution in [0.15, 0.2) is 18.2 Å². The number of thiazole rings is 1. The minimum Gasteiger partial charge on any atom is -0.494 e. The Morgan fingerprint density at radius 1 is 1.36 bits per heavy atom. The summed E-state index contributed by atoms with van der Waals surface area (Å²) >= 11 is 1.69. The van der Waals surface area contributed by atoms with Gasteiger partial charge in [-0.3, -0.25) is 4.79 Å². The van der Waals surface area contributed by atoms with Gasteiger partial charge in [0.05, 0.1) is 16.8 Å². The monoisotopic (exact) mass is 361 g/mol. The van der Waals surface area contributed by atoms with Crippen LogP contribution in [-0.4, -0.2) is 61.3 Å². The SMILES string of the molecule is CCOc1ccc2nc(N3CCN(C(=O)C4CCCO4)CC3)sc2c1. The van der Waals surface area contributed by atoms with Crippen LogP contribution in [0.2, 0.25) is 0 Å². The Morgan fingerprint density at radius 2 is 2.20 bits per heavy atom. The van der Waals surface area contributed by atoms with Gasteiger partial charge in [-0.25, -0.2) is 4.98 Å². The summed E-state index contributed by atoms with van der Waals surface area (Å²) < 4.78 is 12.2. The van der Waals surface area contributed by atoms with Crippen LogP contribution < -0.4 is 9.64 Å². The third-order valence-electron chi connectivity index (χ3n) is 4.73. The molecule has 4 rings (SSSR count). The number of fused-ring (bicyclic) bond motifs is 1. The Bertz CT molecular complexity index is 749. The number of carbonyl (C=O) groups is 1. The molecule has 0 aliphatic carbocycles. The van der Waals surface area contributed by atoms with Gasteiger partial charge < -0.3 is 19.3 Å². The van der Waals surface area contributed by atoms with Crippen molar-refractivity contribution in [2.24, 2.45) is 0 Å². The molecule has 1 amide bonds. The summed E-state index contributed by atoms with van der Waals surface area (Å²) in [5, 5.41) is 1.02. The average Bonchev–Trinajstić information content (AvgIpc) is 3.31. The number of amides is 1. The molecule has 1 aromatic heterocycles. The predicted molar refractivity (Wildman–Crippen MR) is 98.6 cm³/mol. The highest BCUT2D eigenvalue weighted by atomic mass is 32.1. The lowest BCUT2D eigenvalue weighted by Crippen LogP contribution is -2.51. The molecule has 2 aromatic rings. The molecule has 7 heteroatoms. The second kappa shape index (κ2) is 7.17. The first-order chi connectivity index (χ1) is 12.2. The lowest BCUT2D eigenvalue weighted by molar-refractivity contribution is -0.141. The Labute approximate surface area is 151 Å². The van der Waals surface area contributed by atoms with Gasteiger partial charge in [-0.1, -0.05) is 11.3 Å². The molecule has 0 bridgehead atoms. The topological polar surface area (TPSA) is 54.9 Å². The largest absolute Gasteiger partial charge is 0.494 e. The molecule has 2 fully saturated rings.